The molecule has 0 saturated heterocycles. The zero-order chi connectivity index (χ0) is 29.5. The van der Waals surface area contributed by atoms with Gasteiger partial charge in [0.1, 0.15) is 5.82 Å². The van der Waals surface area contributed by atoms with Crippen molar-refractivity contribution < 1.29 is 13.9 Å². The van der Waals surface area contributed by atoms with Crippen LogP contribution < -0.4 is 14.9 Å². The molecular formula is C34H30FN3O3S. The third-order valence-electron chi connectivity index (χ3n) is 7.72. The second-order valence-corrected chi connectivity index (χ2v) is 11.5. The van der Waals surface area contributed by atoms with E-state index in [-0.39, 0.29) is 18.0 Å². The highest BCUT2D eigenvalue weighted by molar-refractivity contribution is 7.07. The van der Waals surface area contributed by atoms with Crippen LogP contribution in [0, 0.1) is 19.7 Å². The van der Waals surface area contributed by atoms with Gasteiger partial charge in [-0.05, 0) is 63.1 Å². The van der Waals surface area contributed by atoms with Gasteiger partial charge >= 0.3 is 5.97 Å². The van der Waals surface area contributed by atoms with E-state index in [2.05, 4.69) is 10.6 Å². The van der Waals surface area contributed by atoms with E-state index in [9.17, 15) is 14.0 Å². The van der Waals surface area contributed by atoms with Crippen molar-refractivity contribution in [3.8, 4) is 0 Å². The predicted octanol–water partition coefficient (Wildman–Crippen LogP) is 5.56. The van der Waals surface area contributed by atoms with Gasteiger partial charge < -0.3 is 9.30 Å². The zero-order valence-electron chi connectivity index (χ0n) is 23.8. The summed E-state index contributed by atoms with van der Waals surface area (Å²) < 4.78 is 23.3. The van der Waals surface area contributed by atoms with Crippen LogP contribution in [0.1, 0.15) is 47.8 Å². The van der Waals surface area contributed by atoms with Gasteiger partial charge in [-0.2, -0.15) is 0 Å². The van der Waals surface area contributed by atoms with Gasteiger partial charge in [-0.25, -0.2) is 14.2 Å². The first-order valence-corrected chi connectivity index (χ1v) is 14.7. The van der Waals surface area contributed by atoms with E-state index in [4.69, 9.17) is 9.73 Å². The Bertz CT molecular complexity index is 2050. The fraction of sp³-hybridized carbons (Fsp3) is 0.206. The summed E-state index contributed by atoms with van der Waals surface area (Å²) in [5.74, 6) is -0.743. The van der Waals surface area contributed by atoms with Crippen LogP contribution in [-0.2, 0) is 16.1 Å². The summed E-state index contributed by atoms with van der Waals surface area (Å²) in [6.45, 7) is 8.37. The lowest BCUT2D eigenvalue weighted by Crippen LogP contribution is -2.39. The van der Waals surface area contributed by atoms with Gasteiger partial charge in [0.05, 0.1) is 28.5 Å². The molecule has 6 rings (SSSR count). The largest absolute Gasteiger partial charge is 0.463 e. The van der Waals surface area contributed by atoms with Crippen LogP contribution in [0.3, 0.4) is 0 Å². The number of para-hydroxylation sites is 1. The van der Waals surface area contributed by atoms with Crippen LogP contribution in [0.25, 0.3) is 17.0 Å². The number of aryl methyl sites for hydroxylation is 1. The minimum Gasteiger partial charge on any atom is -0.463 e. The van der Waals surface area contributed by atoms with Gasteiger partial charge in [-0.3, -0.25) is 9.36 Å². The first-order chi connectivity index (χ1) is 20.3. The molecule has 3 heterocycles. The Labute approximate surface area is 246 Å². The summed E-state index contributed by atoms with van der Waals surface area (Å²) in [7, 11) is 0. The fourth-order valence-electron chi connectivity index (χ4n) is 5.60. The average Bonchev–Trinajstić information content (AvgIpc) is 3.42. The predicted molar refractivity (Wildman–Crippen MR) is 164 cm³/mol. The number of allylic oxidation sites excluding steroid dienone is 1. The number of carbonyl (C=O) groups is 1. The Kier molecular flexibility index (Phi) is 7.24. The van der Waals surface area contributed by atoms with Crippen molar-refractivity contribution in [1.29, 1.82) is 0 Å². The highest BCUT2D eigenvalue weighted by Crippen LogP contribution is 2.31. The lowest BCUT2D eigenvalue weighted by molar-refractivity contribution is -0.139. The van der Waals surface area contributed by atoms with Crippen molar-refractivity contribution in [2.24, 2.45) is 4.99 Å². The molecule has 42 heavy (non-hydrogen) atoms. The van der Waals surface area contributed by atoms with E-state index < -0.39 is 12.0 Å². The maximum atomic E-state index is 14.1. The summed E-state index contributed by atoms with van der Waals surface area (Å²) in [5.41, 5.74) is 6.52. The lowest BCUT2D eigenvalue weighted by Gasteiger charge is -2.24. The summed E-state index contributed by atoms with van der Waals surface area (Å²) in [6, 6.07) is 21.8. The van der Waals surface area contributed by atoms with Crippen LogP contribution >= 0.6 is 11.3 Å². The molecule has 5 aromatic rings. The molecule has 3 aromatic carbocycles. The molecule has 8 heteroatoms. The molecular weight excluding hydrogens is 549 g/mol. The van der Waals surface area contributed by atoms with E-state index in [1.54, 1.807) is 30.5 Å². The number of halogens is 1. The first kappa shape index (κ1) is 27.6. The van der Waals surface area contributed by atoms with Crippen molar-refractivity contribution in [1.82, 2.24) is 9.13 Å². The molecule has 0 fully saturated rings. The topological polar surface area (TPSA) is 65.6 Å². The number of carbonyl (C=O) groups excluding carboxylic acids is 1. The minimum absolute atomic E-state index is 0.214. The van der Waals surface area contributed by atoms with Gasteiger partial charge in [-0.15, -0.1) is 0 Å². The van der Waals surface area contributed by atoms with Crippen molar-refractivity contribution in [3.05, 3.63) is 138 Å². The number of esters is 1. The molecule has 1 aliphatic rings. The SMILES string of the molecule is CCOC(=O)C1=C(C)N=c2s/c(=C\c3c(C)n(Cc4ccc(F)cc4)c4ccccc34)c(=O)n2[C@@H]1c1ccc(C)cc1. The Morgan fingerprint density at radius 3 is 2.45 bits per heavy atom. The molecule has 1 aliphatic heterocycles. The number of thiazole rings is 1. The van der Waals surface area contributed by atoms with E-state index in [1.807, 2.05) is 62.4 Å². The second-order valence-electron chi connectivity index (χ2n) is 10.4. The van der Waals surface area contributed by atoms with Crippen LogP contribution in [0.15, 0.2) is 93.9 Å². The molecule has 0 radical (unpaired) electrons. The lowest BCUT2D eigenvalue weighted by atomic mass is 9.95. The highest BCUT2D eigenvalue weighted by Gasteiger charge is 2.33. The summed E-state index contributed by atoms with van der Waals surface area (Å²) in [5, 5.41) is 1.02. The number of rotatable bonds is 6. The molecule has 2 aromatic heterocycles. The van der Waals surface area contributed by atoms with E-state index in [1.165, 1.54) is 23.5 Å². The molecule has 0 bridgehead atoms. The van der Waals surface area contributed by atoms with Crippen LogP contribution in [-0.4, -0.2) is 21.7 Å². The molecule has 0 aliphatic carbocycles. The smallest absolute Gasteiger partial charge is 0.338 e. The number of ether oxygens (including phenoxy) is 1. The number of nitrogens with zero attached hydrogens (tertiary/aromatic N) is 3. The highest BCUT2D eigenvalue weighted by atomic mass is 32.1. The maximum Gasteiger partial charge on any atom is 0.338 e. The Balaban J connectivity index is 1.54. The van der Waals surface area contributed by atoms with Crippen LogP contribution in [0.5, 0.6) is 0 Å². The van der Waals surface area contributed by atoms with Crippen LogP contribution in [0.2, 0.25) is 0 Å². The molecule has 1 atom stereocenters. The van der Waals surface area contributed by atoms with E-state index in [0.717, 1.165) is 38.9 Å². The van der Waals surface area contributed by atoms with Gasteiger partial charge in [0.25, 0.3) is 5.56 Å². The minimum atomic E-state index is -0.649. The number of benzene rings is 3. The number of hydrogen-bond donors (Lipinski definition) is 0. The fourth-order valence-corrected chi connectivity index (χ4v) is 6.63. The molecule has 0 amide bonds. The molecule has 0 unspecified atom stereocenters. The number of aromatic nitrogens is 2. The molecule has 0 saturated carbocycles. The zero-order valence-corrected chi connectivity index (χ0v) is 24.7. The van der Waals surface area contributed by atoms with Crippen molar-refractivity contribution in [2.75, 3.05) is 6.61 Å². The molecule has 0 N–H and O–H groups in total. The maximum absolute atomic E-state index is 14.1. The normalized spacial score (nSPS) is 15.2. The quantitative estimate of drug-likeness (QED) is 0.248. The third-order valence-corrected chi connectivity index (χ3v) is 8.70. The second kappa shape index (κ2) is 11.0. The Morgan fingerprint density at radius 1 is 1.02 bits per heavy atom. The van der Waals surface area contributed by atoms with Crippen molar-refractivity contribution >= 4 is 34.3 Å². The van der Waals surface area contributed by atoms with Gasteiger partial charge in [-0.1, -0.05) is 71.5 Å². The van der Waals surface area contributed by atoms with Crippen LogP contribution in [0.4, 0.5) is 4.39 Å². The van der Waals surface area contributed by atoms with Gasteiger partial charge in [0.2, 0.25) is 0 Å². The first-order valence-electron chi connectivity index (χ1n) is 13.8. The molecule has 6 nitrogen and oxygen atoms in total. The molecule has 0 spiro atoms. The summed E-state index contributed by atoms with van der Waals surface area (Å²) >= 11 is 1.31. The Hall–Kier alpha value is -4.56. The van der Waals surface area contributed by atoms with E-state index in [0.29, 0.717) is 27.1 Å². The Morgan fingerprint density at radius 2 is 1.74 bits per heavy atom. The van der Waals surface area contributed by atoms with Crippen molar-refractivity contribution in [2.45, 2.75) is 40.3 Å². The van der Waals surface area contributed by atoms with Gasteiger partial charge in [0, 0.05) is 28.7 Å². The summed E-state index contributed by atoms with van der Waals surface area (Å²) in [4.78, 5) is 32.5. The monoisotopic (exact) mass is 579 g/mol. The molecule has 212 valence electrons. The third kappa shape index (κ3) is 4.81. The summed E-state index contributed by atoms with van der Waals surface area (Å²) in [6.07, 6.45) is 1.93. The van der Waals surface area contributed by atoms with Crippen molar-refractivity contribution in [3.63, 3.8) is 0 Å². The average molecular weight is 580 g/mol. The standard InChI is InChI=1S/C34H30FN3O3S/c1-5-41-33(40)30-21(3)36-34-38(31(30)24-14-10-20(2)11-15-24)32(39)29(42-34)18-27-22(4)37(28-9-7-6-8-26(27)28)19-23-12-16-25(35)17-13-23/h6-18,31H,5,19H2,1-4H3/b29-18-/t31-/m1/s1. The number of fused-ring (bicyclic) bond motifs is 2. The number of hydrogen-bond acceptors (Lipinski definition) is 5. The van der Waals surface area contributed by atoms with E-state index >= 15 is 0 Å². The van der Waals surface area contributed by atoms with Gasteiger partial charge in [0.15, 0.2) is 4.80 Å².